The lowest BCUT2D eigenvalue weighted by Gasteiger charge is -2.33. The second-order valence-electron chi connectivity index (χ2n) is 6.49. The lowest BCUT2D eigenvalue weighted by atomic mass is 9.91. The molecule has 1 saturated carbocycles. The second-order valence-corrected chi connectivity index (χ2v) is 6.49. The van der Waals surface area contributed by atoms with Crippen molar-refractivity contribution in [1.82, 2.24) is 4.90 Å². The second kappa shape index (κ2) is 5.64. The maximum atomic E-state index is 6.01. The molecule has 1 heterocycles. The van der Waals surface area contributed by atoms with Gasteiger partial charge in [0.2, 0.25) is 0 Å². The maximum Gasteiger partial charge on any atom is 0.0233 e. The maximum absolute atomic E-state index is 6.01. The van der Waals surface area contributed by atoms with Crippen LogP contribution in [0.15, 0.2) is 24.3 Å². The molecule has 0 amide bonds. The molecule has 0 aromatic heterocycles. The summed E-state index contributed by atoms with van der Waals surface area (Å²) in [6.45, 7) is 5.69. The molecule has 1 aliphatic carbocycles. The minimum atomic E-state index is 0.361. The third-order valence-corrected chi connectivity index (χ3v) is 4.78. The van der Waals surface area contributed by atoms with Crippen LogP contribution in [0.25, 0.3) is 0 Å². The number of rotatable bonds is 4. The number of piperidine rings is 1. The van der Waals surface area contributed by atoms with Gasteiger partial charge in [-0.05, 0) is 68.7 Å². The van der Waals surface area contributed by atoms with Crippen molar-refractivity contribution in [3.63, 3.8) is 0 Å². The molecule has 2 nitrogen and oxygen atoms in total. The molecule has 1 atom stereocenters. The Morgan fingerprint density at radius 3 is 2.58 bits per heavy atom. The number of likely N-dealkylation sites (tertiary alicyclic amines) is 1. The van der Waals surface area contributed by atoms with E-state index in [4.69, 9.17) is 5.73 Å². The van der Waals surface area contributed by atoms with Crippen molar-refractivity contribution in [3.8, 4) is 0 Å². The summed E-state index contributed by atoms with van der Waals surface area (Å²) in [5.41, 5.74) is 9.05. The Morgan fingerprint density at radius 1 is 1.21 bits per heavy atom. The third kappa shape index (κ3) is 3.37. The van der Waals surface area contributed by atoms with Crippen LogP contribution in [0.2, 0.25) is 0 Å². The van der Waals surface area contributed by atoms with Crippen molar-refractivity contribution in [2.75, 3.05) is 13.1 Å². The molecule has 2 fully saturated rings. The van der Waals surface area contributed by atoms with E-state index < -0.39 is 0 Å². The quantitative estimate of drug-likeness (QED) is 0.899. The molecular weight excluding hydrogens is 232 g/mol. The molecule has 2 aliphatic rings. The first-order valence-corrected chi connectivity index (χ1v) is 7.79. The Hall–Kier alpha value is -0.860. The van der Waals surface area contributed by atoms with Crippen LogP contribution in [-0.4, -0.2) is 24.0 Å². The van der Waals surface area contributed by atoms with Crippen molar-refractivity contribution in [2.45, 2.75) is 51.1 Å². The molecule has 0 spiro atoms. The van der Waals surface area contributed by atoms with Crippen LogP contribution in [0, 0.1) is 5.92 Å². The molecule has 2 N–H and O–H groups in total. The van der Waals surface area contributed by atoms with E-state index in [0.29, 0.717) is 6.04 Å². The number of hydrogen-bond acceptors (Lipinski definition) is 2. The number of nitrogens with two attached hydrogens (primary N) is 1. The summed E-state index contributed by atoms with van der Waals surface area (Å²) in [6.07, 6.45) is 5.31. The van der Waals surface area contributed by atoms with E-state index in [-0.39, 0.29) is 0 Å². The van der Waals surface area contributed by atoms with Crippen LogP contribution in [0.3, 0.4) is 0 Å². The summed E-state index contributed by atoms with van der Waals surface area (Å²) in [5.74, 6) is 1.60. The molecule has 104 valence electrons. The number of hydrogen-bond donors (Lipinski definition) is 1. The summed E-state index contributed by atoms with van der Waals surface area (Å²) in [5, 5.41) is 0. The topological polar surface area (TPSA) is 29.3 Å². The Morgan fingerprint density at radius 2 is 1.95 bits per heavy atom. The van der Waals surface area contributed by atoms with Crippen LogP contribution in [0.5, 0.6) is 0 Å². The van der Waals surface area contributed by atoms with E-state index in [1.54, 1.807) is 5.56 Å². The highest BCUT2D eigenvalue weighted by molar-refractivity contribution is 5.29. The van der Waals surface area contributed by atoms with Gasteiger partial charge in [-0.3, -0.25) is 4.90 Å². The van der Waals surface area contributed by atoms with Crippen molar-refractivity contribution in [1.29, 1.82) is 0 Å². The van der Waals surface area contributed by atoms with E-state index in [9.17, 15) is 0 Å². The summed E-state index contributed by atoms with van der Waals surface area (Å²) in [4.78, 5) is 2.59. The standard InChI is InChI=1S/C17H26N2/c1-13(18)15-7-9-19(10-8-15)12-14-3-2-4-17(11-14)16-5-6-16/h2-4,11,13,15-16H,5-10,12,18H2,1H3. The zero-order valence-electron chi connectivity index (χ0n) is 12.0. The fourth-order valence-corrected chi connectivity index (χ4v) is 3.26. The van der Waals surface area contributed by atoms with Crippen molar-refractivity contribution in [2.24, 2.45) is 11.7 Å². The van der Waals surface area contributed by atoms with Crippen molar-refractivity contribution >= 4 is 0 Å². The van der Waals surface area contributed by atoms with Gasteiger partial charge in [0, 0.05) is 12.6 Å². The highest BCUT2D eigenvalue weighted by atomic mass is 15.1. The lowest BCUT2D eigenvalue weighted by Crippen LogP contribution is -2.39. The molecule has 1 aliphatic heterocycles. The molecule has 0 bridgehead atoms. The molecule has 1 aromatic rings. The molecule has 1 saturated heterocycles. The molecule has 1 aromatic carbocycles. The first-order valence-electron chi connectivity index (χ1n) is 7.79. The Bertz CT molecular complexity index is 415. The van der Waals surface area contributed by atoms with Gasteiger partial charge in [-0.25, -0.2) is 0 Å². The van der Waals surface area contributed by atoms with Crippen LogP contribution in [-0.2, 0) is 6.54 Å². The minimum Gasteiger partial charge on any atom is -0.328 e. The SMILES string of the molecule is CC(N)C1CCN(Cc2cccc(C3CC3)c2)CC1. The first kappa shape index (κ1) is 13.1. The fraction of sp³-hybridized carbons (Fsp3) is 0.647. The monoisotopic (exact) mass is 258 g/mol. The molecular formula is C17H26N2. The summed E-state index contributed by atoms with van der Waals surface area (Å²) < 4.78 is 0. The zero-order valence-corrected chi connectivity index (χ0v) is 12.0. The van der Waals surface area contributed by atoms with E-state index in [1.807, 2.05) is 0 Å². The van der Waals surface area contributed by atoms with Gasteiger partial charge in [0.05, 0.1) is 0 Å². The van der Waals surface area contributed by atoms with Crippen LogP contribution in [0.1, 0.15) is 49.7 Å². The third-order valence-electron chi connectivity index (χ3n) is 4.78. The van der Waals surface area contributed by atoms with Crippen LogP contribution >= 0.6 is 0 Å². The minimum absolute atomic E-state index is 0.361. The highest BCUT2D eigenvalue weighted by Gasteiger charge is 2.24. The Labute approximate surface area is 117 Å². The van der Waals surface area contributed by atoms with E-state index in [2.05, 4.69) is 36.1 Å². The zero-order chi connectivity index (χ0) is 13.2. The predicted octanol–water partition coefficient (Wildman–Crippen LogP) is 3.12. The smallest absolute Gasteiger partial charge is 0.0233 e. The van der Waals surface area contributed by atoms with Gasteiger partial charge in [-0.2, -0.15) is 0 Å². The predicted molar refractivity (Wildman–Crippen MR) is 80.1 cm³/mol. The fourth-order valence-electron chi connectivity index (χ4n) is 3.26. The molecule has 19 heavy (non-hydrogen) atoms. The largest absolute Gasteiger partial charge is 0.328 e. The van der Waals surface area contributed by atoms with E-state index >= 15 is 0 Å². The van der Waals surface area contributed by atoms with Crippen LogP contribution in [0.4, 0.5) is 0 Å². The van der Waals surface area contributed by atoms with Crippen molar-refractivity contribution < 1.29 is 0 Å². The van der Waals surface area contributed by atoms with Crippen LogP contribution < -0.4 is 5.73 Å². The van der Waals surface area contributed by atoms with E-state index in [0.717, 1.165) is 18.4 Å². The van der Waals surface area contributed by atoms with Gasteiger partial charge in [0.25, 0.3) is 0 Å². The number of benzene rings is 1. The molecule has 0 radical (unpaired) electrons. The summed E-state index contributed by atoms with van der Waals surface area (Å²) >= 11 is 0. The molecule has 2 heteroatoms. The summed E-state index contributed by atoms with van der Waals surface area (Å²) in [7, 11) is 0. The van der Waals surface area contributed by atoms with Gasteiger partial charge in [0.15, 0.2) is 0 Å². The van der Waals surface area contributed by atoms with Gasteiger partial charge in [0.1, 0.15) is 0 Å². The first-order chi connectivity index (χ1) is 9.22. The number of nitrogens with zero attached hydrogens (tertiary/aromatic N) is 1. The van der Waals surface area contributed by atoms with Gasteiger partial charge in [-0.1, -0.05) is 24.3 Å². The Kier molecular flexibility index (Phi) is 3.90. The highest BCUT2D eigenvalue weighted by Crippen LogP contribution is 2.40. The molecule has 1 unspecified atom stereocenters. The van der Waals surface area contributed by atoms with Crippen molar-refractivity contribution in [3.05, 3.63) is 35.4 Å². The van der Waals surface area contributed by atoms with E-state index in [1.165, 1.54) is 44.3 Å². The van der Waals surface area contributed by atoms with Gasteiger partial charge in [-0.15, -0.1) is 0 Å². The van der Waals surface area contributed by atoms with Gasteiger partial charge >= 0.3 is 0 Å². The lowest BCUT2D eigenvalue weighted by molar-refractivity contribution is 0.165. The average molecular weight is 258 g/mol. The summed E-state index contributed by atoms with van der Waals surface area (Å²) in [6, 6.07) is 9.60. The Balaban J connectivity index is 1.55. The van der Waals surface area contributed by atoms with Gasteiger partial charge < -0.3 is 5.73 Å². The molecule has 3 rings (SSSR count). The normalized spacial score (nSPS) is 23.5. The average Bonchev–Trinajstić information content (AvgIpc) is 3.24.